The van der Waals surface area contributed by atoms with Crippen LogP contribution in [0.3, 0.4) is 0 Å². The van der Waals surface area contributed by atoms with Gasteiger partial charge in [-0.3, -0.25) is 19.2 Å². The molecule has 16 saturated carbocycles. The van der Waals surface area contributed by atoms with E-state index < -0.39 is 28.2 Å². The number of halogens is 3. The van der Waals surface area contributed by atoms with Crippen LogP contribution in [-0.2, 0) is 45.4 Å². The molecular formula is C115H159F3N12O8. The van der Waals surface area contributed by atoms with E-state index in [-0.39, 0.29) is 111 Å². The Morgan fingerprint density at radius 3 is 0.986 bits per heavy atom. The fraction of sp³-hybridized carbons (Fsp3) is 0.757. The Bertz CT molecular complexity index is 6000. The third-order valence-electron chi connectivity index (χ3n) is 45.3. The fourth-order valence-electron chi connectivity index (χ4n) is 37.5. The van der Waals surface area contributed by atoms with Crippen LogP contribution >= 0.6 is 0 Å². The van der Waals surface area contributed by atoms with Crippen LogP contribution in [0.4, 0.5) is 13.2 Å². The van der Waals surface area contributed by atoms with Crippen LogP contribution in [0.5, 0.6) is 0 Å². The van der Waals surface area contributed by atoms with E-state index in [1.165, 1.54) is 106 Å². The van der Waals surface area contributed by atoms with Crippen LogP contribution in [0.25, 0.3) is 44.1 Å². The first-order chi connectivity index (χ1) is 65.3. The van der Waals surface area contributed by atoms with E-state index in [2.05, 4.69) is 96.4 Å². The quantitative estimate of drug-likeness (QED) is 0.0885. The zero-order valence-corrected chi connectivity index (χ0v) is 85.5. The Labute approximate surface area is 815 Å². The largest absolute Gasteiger partial charge is 0.390 e. The maximum atomic E-state index is 14.5. The van der Waals surface area contributed by atoms with Gasteiger partial charge in [-0.15, -0.1) is 20.4 Å². The molecule has 8 aromatic rings. The summed E-state index contributed by atoms with van der Waals surface area (Å²) in [6, 6.07) is 17.9. The highest BCUT2D eigenvalue weighted by molar-refractivity contribution is 5.87. The molecule has 748 valence electrons. The number of hydrogen-bond donors (Lipinski definition) is 4. The van der Waals surface area contributed by atoms with Crippen molar-refractivity contribution in [1.29, 1.82) is 0 Å². The number of ketones is 4. The van der Waals surface area contributed by atoms with Gasteiger partial charge in [0.15, 0.2) is 40.6 Å². The molecule has 0 aliphatic heterocycles. The second-order valence-electron chi connectivity index (χ2n) is 52.6. The fourth-order valence-corrected chi connectivity index (χ4v) is 37.5. The maximum Gasteiger partial charge on any atom is 0.159 e. The minimum absolute atomic E-state index is 0.0340. The first-order valence-corrected chi connectivity index (χ1v) is 54.6. The van der Waals surface area contributed by atoms with E-state index in [1.54, 1.807) is 48.9 Å². The van der Waals surface area contributed by atoms with Crippen molar-refractivity contribution in [3.63, 3.8) is 0 Å². The molecule has 16 aliphatic carbocycles. The topological polar surface area (TPSA) is 272 Å². The second-order valence-corrected chi connectivity index (χ2v) is 52.6. The molecule has 24 rings (SSSR count). The molecule has 32 atom stereocenters. The third-order valence-corrected chi connectivity index (χ3v) is 45.3. The van der Waals surface area contributed by atoms with Crippen LogP contribution < -0.4 is 0 Å². The molecule has 4 aromatic heterocycles. The van der Waals surface area contributed by atoms with Gasteiger partial charge in [-0.05, 0) is 465 Å². The minimum Gasteiger partial charge on any atom is -0.390 e. The summed E-state index contributed by atoms with van der Waals surface area (Å²) < 4.78 is 46.4. The maximum absolute atomic E-state index is 14.5. The van der Waals surface area contributed by atoms with Crippen molar-refractivity contribution in [2.24, 2.45) is 162 Å². The standard InChI is InChI=1S/2C29H40FN3O2.C29H41N3O2.C28H38FN3O2/c1-17-5-10-23-26(25(17)30)31-32-33(23)16-24(34)22-9-8-20-19-7-6-18-15-27(2,35)13-14-28(18,3)21(19)11-12-29(20,22)4;1-17-5-10-23-26(25(17)30)32-33(31-23)16-24(34)22-9-8-20-19-7-6-18-15-27(2,35)13-14-28(18,3)21(19)11-12-29(20,22)4;1-18-6-5-7-24-26(18)30-31-32(24)17-25(33)23-11-10-21-20-9-8-19-16-27(2,34)14-15-28(19,3)22(20)12-13-29(21,23)4;1-26(34)13-14-27(2)17(15-26)7-8-18-19-9-10-21(28(19,3)12-11-20(18)27)24(33)16-32-30-23-6-4-5-22(29)25(23)31-32/h2*5,10,18-22,35H,6-9,11-16H2,1-4H3;5-7,19-23,34H,8-17H2,1-4H3;4-6,17-21,34H,7-16H2,1-3H3/t2*18-,19-,20-,21-,22+,27+,28-,29-;19-,20-,21-,22-,23+,27+,28-,29-;17-,18-,19-,20-,21+,26+,27-,28-/m0000/s1. The number of carbonyl (C=O) groups excluding carboxylic acids is 4. The zero-order chi connectivity index (χ0) is 97.3. The summed E-state index contributed by atoms with van der Waals surface area (Å²) in [5, 5.41) is 77.2. The van der Waals surface area contributed by atoms with Gasteiger partial charge in [-0.2, -0.15) is 19.8 Å². The number of nitrogens with zero attached hydrogens (tertiary/aromatic N) is 12. The molecule has 16 aliphatic rings. The van der Waals surface area contributed by atoms with Gasteiger partial charge >= 0.3 is 0 Å². The highest BCUT2D eigenvalue weighted by Gasteiger charge is 2.68. The molecule has 0 amide bonds. The van der Waals surface area contributed by atoms with Gasteiger partial charge in [-0.25, -0.2) is 22.5 Å². The highest BCUT2D eigenvalue weighted by Crippen LogP contribution is 2.74. The van der Waals surface area contributed by atoms with Crippen molar-refractivity contribution in [2.75, 3.05) is 0 Å². The number of benzene rings is 4. The lowest BCUT2D eigenvalue weighted by molar-refractivity contribution is -0.151. The summed E-state index contributed by atoms with van der Waals surface area (Å²) in [6.45, 7) is 34.0. The SMILES string of the molecule is C[C@@]1(O)CC[C@@]2(C)[C@@H](CC[C@@H]3[C@@H]2CC[C@]2(C)[C@@H](C(=O)Cn4nc5cccc(F)c5n4)CC[C@@H]32)C1.Cc1ccc2c(nnn2CC(=O)[C@H]2CC[C@H]3[C@@H]4CC[C@H]5C[C@](C)(O)CC[C@]5(C)[C@H]4CC[C@]23C)c1F.Cc1ccc2nn(CC(=O)[C@H]3CC[C@H]4[C@@H]5CC[C@H]6C[C@](C)(O)CC[C@]6(C)[C@H]5CC[C@]34C)nc2c1F.Cc1cccc2c1nnn2CC(=O)[C@H]1CC[C@H]2[C@@H]3CC[C@H]4C[C@](C)(O)CC[C@]4(C)[C@H]3CC[C@]12C. The highest BCUT2D eigenvalue weighted by atomic mass is 19.1. The molecule has 0 bridgehead atoms. The number of aliphatic hydroxyl groups is 4. The molecule has 0 saturated heterocycles. The van der Waals surface area contributed by atoms with Gasteiger partial charge in [-0.1, -0.05) is 96.1 Å². The number of aromatic nitrogens is 12. The van der Waals surface area contributed by atoms with E-state index >= 15 is 0 Å². The van der Waals surface area contributed by atoms with Gasteiger partial charge in [0.2, 0.25) is 0 Å². The number of Topliss-reactive ketones (excluding diaryl/α,β-unsaturated/α-hetero) is 4. The summed E-state index contributed by atoms with van der Waals surface area (Å²) in [4.78, 5) is 57.3. The molecule has 0 radical (unpaired) electrons. The predicted molar refractivity (Wildman–Crippen MR) is 528 cm³/mol. The monoisotopic (exact) mass is 1890 g/mol. The smallest absolute Gasteiger partial charge is 0.159 e. The van der Waals surface area contributed by atoms with Crippen molar-refractivity contribution < 1.29 is 52.8 Å². The number of fused-ring (bicyclic) bond motifs is 24. The van der Waals surface area contributed by atoms with E-state index in [4.69, 9.17) is 0 Å². The van der Waals surface area contributed by atoms with Crippen molar-refractivity contribution in [1.82, 2.24) is 60.0 Å². The van der Waals surface area contributed by atoms with E-state index in [0.717, 1.165) is 182 Å². The zero-order valence-electron chi connectivity index (χ0n) is 85.5. The summed E-state index contributed by atoms with van der Waals surface area (Å²) in [7, 11) is 0. The Hall–Kier alpha value is -7.21. The summed E-state index contributed by atoms with van der Waals surface area (Å²) in [5.41, 5.74) is 6.04. The first-order valence-electron chi connectivity index (χ1n) is 54.6. The average molecular weight is 1890 g/mol. The van der Waals surface area contributed by atoms with Gasteiger partial charge in [0, 0.05) is 23.7 Å². The van der Waals surface area contributed by atoms with Gasteiger partial charge in [0.05, 0.1) is 33.4 Å². The third kappa shape index (κ3) is 16.2. The molecule has 23 heteroatoms. The minimum atomic E-state index is -0.502. The molecule has 16 fully saturated rings. The summed E-state index contributed by atoms with van der Waals surface area (Å²) in [5.74, 6) is 10.9. The lowest BCUT2D eigenvalue weighted by atomic mass is 9.44. The Morgan fingerprint density at radius 2 is 0.616 bits per heavy atom. The number of carbonyl (C=O) groups is 4. The van der Waals surface area contributed by atoms with Crippen LogP contribution in [0.15, 0.2) is 60.7 Å². The van der Waals surface area contributed by atoms with Crippen molar-refractivity contribution >= 4 is 67.3 Å². The Kier molecular flexibility index (Phi) is 24.4. The van der Waals surface area contributed by atoms with Crippen LogP contribution in [0.1, 0.15) is 331 Å². The van der Waals surface area contributed by atoms with Crippen molar-refractivity contribution in [3.05, 3.63) is 94.8 Å². The van der Waals surface area contributed by atoms with Crippen molar-refractivity contribution in [3.8, 4) is 0 Å². The van der Waals surface area contributed by atoms with Crippen LogP contribution in [-0.4, -0.2) is 126 Å². The molecule has 4 heterocycles. The average Bonchev–Trinajstić information content (AvgIpc) is 1.49. The lowest BCUT2D eigenvalue weighted by Crippen LogP contribution is -2.55. The van der Waals surface area contributed by atoms with Gasteiger partial charge in [0.1, 0.15) is 59.3 Å². The van der Waals surface area contributed by atoms with Crippen LogP contribution in [0, 0.1) is 200 Å². The van der Waals surface area contributed by atoms with Gasteiger partial charge < -0.3 is 20.4 Å². The number of hydrogen-bond acceptors (Lipinski definition) is 16. The van der Waals surface area contributed by atoms with E-state index in [1.807, 2.05) is 63.6 Å². The van der Waals surface area contributed by atoms with Gasteiger partial charge in [0.25, 0.3) is 0 Å². The predicted octanol–water partition coefficient (Wildman–Crippen LogP) is 23.0. The number of rotatable bonds is 12. The molecular weight excluding hydrogens is 1730 g/mol. The van der Waals surface area contributed by atoms with E-state index in [9.17, 15) is 52.8 Å². The summed E-state index contributed by atoms with van der Waals surface area (Å²) in [6.07, 6.45) is 39.8. The number of aryl methyl sites for hydroxylation is 3. The Morgan fingerprint density at radius 1 is 0.304 bits per heavy atom. The Balaban J connectivity index is 0.000000110. The second kappa shape index (κ2) is 34.8. The molecule has 0 unspecified atom stereocenters. The molecule has 138 heavy (non-hydrogen) atoms. The molecule has 20 nitrogen and oxygen atoms in total. The van der Waals surface area contributed by atoms with E-state index in [0.29, 0.717) is 133 Å². The summed E-state index contributed by atoms with van der Waals surface area (Å²) >= 11 is 0. The van der Waals surface area contributed by atoms with Crippen LogP contribution in [0.2, 0.25) is 0 Å². The lowest BCUT2D eigenvalue weighted by Gasteiger charge is -2.61. The molecule has 4 N–H and O–H groups in total. The normalized spacial score (nSPS) is 43.4. The first kappa shape index (κ1) is 96.9. The molecule has 4 aromatic carbocycles. The van der Waals surface area contributed by atoms with Crippen molar-refractivity contribution in [2.45, 2.75) is 384 Å². The molecule has 0 spiro atoms.